The van der Waals surface area contributed by atoms with E-state index >= 15 is 0 Å². The predicted molar refractivity (Wildman–Crippen MR) is 94.5 cm³/mol. The van der Waals surface area contributed by atoms with Crippen LogP contribution < -0.4 is 5.32 Å². The summed E-state index contributed by atoms with van der Waals surface area (Å²) < 4.78 is 24.2. The number of furan rings is 1. The van der Waals surface area contributed by atoms with Gasteiger partial charge in [-0.2, -0.15) is 0 Å². The number of nitrogens with zero attached hydrogens (tertiary/aromatic N) is 1. The second-order valence-electron chi connectivity index (χ2n) is 6.04. The van der Waals surface area contributed by atoms with Crippen molar-refractivity contribution >= 4 is 5.91 Å². The van der Waals surface area contributed by atoms with Crippen LogP contribution in [-0.2, 0) is 6.42 Å². The average Bonchev–Trinajstić information content (AvgIpc) is 3.29. The zero-order valence-corrected chi connectivity index (χ0v) is 14.8. The van der Waals surface area contributed by atoms with Gasteiger partial charge in [0.15, 0.2) is 5.89 Å². The topological polar surface area (TPSA) is 68.3 Å². The van der Waals surface area contributed by atoms with Crippen LogP contribution in [0.5, 0.6) is 0 Å². The Hall–Kier alpha value is -2.89. The number of benzene rings is 1. The van der Waals surface area contributed by atoms with E-state index in [1.807, 2.05) is 19.1 Å². The molecule has 1 atom stereocenters. The first-order chi connectivity index (χ1) is 12.6. The van der Waals surface area contributed by atoms with Crippen LogP contribution in [0.25, 0.3) is 0 Å². The summed E-state index contributed by atoms with van der Waals surface area (Å²) in [7, 11) is 0. The smallest absolute Gasteiger partial charge is 0.289 e. The molecule has 2 heterocycles. The predicted octanol–water partition coefficient (Wildman–Crippen LogP) is 4.23. The Bertz CT molecular complexity index is 854. The average molecular weight is 356 g/mol. The highest BCUT2D eigenvalue weighted by Crippen LogP contribution is 2.28. The number of carbonyl (C=O) groups excluding carboxylic acids is 1. The minimum absolute atomic E-state index is 0.0760. The molecule has 0 aliphatic heterocycles. The molecule has 3 aromatic rings. The van der Waals surface area contributed by atoms with Crippen molar-refractivity contribution in [2.24, 2.45) is 0 Å². The van der Waals surface area contributed by atoms with Gasteiger partial charge in [-0.25, -0.2) is 9.37 Å². The molecule has 0 aliphatic carbocycles. The molecule has 1 unspecified atom stereocenters. The van der Waals surface area contributed by atoms with Crippen molar-refractivity contribution in [2.45, 2.75) is 32.6 Å². The van der Waals surface area contributed by atoms with E-state index in [2.05, 4.69) is 10.3 Å². The lowest BCUT2D eigenvalue weighted by atomic mass is 9.93. The first-order valence-corrected chi connectivity index (χ1v) is 8.61. The minimum Gasteiger partial charge on any atom is -0.469 e. The SMILES string of the molecule is CCc1nc(C)c(C(=O)NCCC(c2ccc(F)cc2)c2ccco2)o1. The van der Waals surface area contributed by atoms with Gasteiger partial charge in [-0.3, -0.25) is 4.79 Å². The lowest BCUT2D eigenvalue weighted by molar-refractivity contribution is 0.0922. The third-order valence-corrected chi connectivity index (χ3v) is 4.23. The van der Waals surface area contributed by atoms with Crippen LogP contribution in [0.15, 0.2) is 51.5 Å². The molecule has 0 bridgehead atoms. The van der Waals surface area contributed by atoms with Crippen LogP contribution in [0.4, 0.5) is 4.39 Å². The normalized spacial score (nSPS) is 12.1. The molecule has 0 aliphatic rings. The molecule has 6 heteroatoms. The van der Waals surface area contributed by atoms with Gasteiger partial charge >= 0.3 is 0 Å². The summed E-state index contributed by atoms with van der Waals surface area (Å²) in [5, 5.41) is 2.86. The van der Waals surface area contributed by atoms with Gasteiger partial charge in [-0.1, -0.05) is 19.1 Å². The molecular formula is C20H21FN2O3. The second kappa shape index (κ2) is 7.99. The number of hydrogen-bond acceptors (Lipinski definition) is 4. The molecule has 0 radical (unpaired) electrons. The van der Waals surface area contributed by atoms with Gasteiger partial charge < -0.3 is 14.2 Å². The zero-order chi connectivity index (χ0) is 18.5. The van der Waals surface area contributed by atoms with Crippen molar-refractivity contribution in [3.05, 3.63) is 77.1 Å². The van der Waals surface area contributed by atoms with E-state index in [9.17, 15) is 9.18 Å². The number of nitrogens with one attached hydrogen (secondary N) is 1. The first-order valence-electron chi connectivity index (χ1n) is 8.61. The number of hydrogen-bond donors (Lipinski definition) is 1. The van der Waals surface area contributed by atoms with Crippen LogP contribution in [0.2, 0.25) is 0 Å². The third-order valence-electron chi connectivity index (χ3n) is 4.23. The van der Waals surface area contributed by atoms with E-state index in [0.29, 0.717) is 31.0 Å². The Morgan fingerprint density at radius 2 is 2.04 bits per heavy atom. The van der Waals surface area contributed by atoms with Gasteiger partial charge in [0.1, 0.15) is 11.6 Å². The maximum absolute atomic E-state index is 13.2. The van der Waals surface area contributed by atoms with E-state index < -0.39 is 0 Å². The fourth-order valence-corrected chi connectivity index (χ4v) is 2.88. The molecule has 0 fully saturated rings. The van der Waals surface area contributed by atoms with Gasteiger partial charge in [0, 0.05) is 18.9 Å². The molecule has 26 heavy (non-hydrogen) atoms. The molecule has 3 rings (SSSR count). The Morgan fingerprint density at radius 3 is 2.65 bits per heavy atom. The van der Waals surface area contributed by atoms with Crippen molar-refractivity contribution in [1.29, 1.82) is 0 Å². The lowest BCUT2D eigenvalue weighted by Gasteiger charge is -2.15. The summed E-state index contributed by atoms with van der Waals surface area (Å²) >= 11 is 0. The molecule has 5 nitrogen and oxygen atoms in total. The summed E-state index contributed by atoms with van der Waals surface area (Å²) in [6.45, 7) is 4.09. The maximum atomic E-state index is 13.2. The molecule has 1 amide bonds. The van der Waals surface area contributed by atoms with Crippen LogP contribution in [0, 0.1) is 12.7 Å². The number of oxazole rings is 1. The fraction of sp³-hybridized carbons (Fsp3) is 0.300. The highest BCUT2D eigenvalue weighted by Gasteiger charge is 2.20. The van der Waals surface area contributed by atoms with Gasteiger partial charge in [0.25, 0.3) is 5.91 Å². The van der Waals surface area contributed by atoms with Crippen molar-refractivity contribution in [2.75, 3.05) is 6.54 Å². The van der Waals surface area contributed by atoms with Crippen molar-refractivity contribution in [3.8, 4) is 0 Å². The molecule has 1 aromatic carbocycles. The van der Waals surface area contributed by atoms with Crippen molar-refractivity contribution in [1.82, 2.24) is 10.3 Å². The van der Waals surface area contributed by atoms with Gasteiger partial charge in [-0.05, 0) is 43.2 Å². The first kappa shape index (κ1) is 17.9. The number of aryl methyl sites for hydroxylation is 2. The Labute approximate surface area is 151 Å². The molecule has 0 spiro atoms. The molecule has 136 valence electrons. The number of halogens is 1. The van der Waals surface area contributed by atoms with Gasteiger partial charge in [0.05, 0.1) is 12.0 Å². The maximum Gasteiger partial charge on any atom is 0.289 e. The number of amides is 1. The Kier molecular flexibility index (Phi) is 5.51. The van der Waals surface area contributed by atoms with Crippen LogP contribution in [-0.4, -0.2) is 17.4 Å². The summed E-state index contributed by atoms with van der Waals surface area (Å²) in [5.41, 5.74) is 1.51. The monoisotopic (exact) mass is 356 g/mol. The van der Waals surface area contributed by atoms with Crippen LogP contribution >= 0.6 is 0 Å². The summed E-state index contributed by atoms with van der Waals surface area (Å²) in [5.74, 6) is 0.924. The highest BCUT2D eigenvalue weighted by molar-refractivity contribution is 5.92. The number of carbonyl (C=O) groups is 1. The summed E-state index contributed by atoms with van der Waals surface area (Å²) in [6.07, 6.45) is 2.85. The van der Waals surface area contributed by atoms with E-state index in [0.717, 1.165) is 11.3 Å². The largest absolute Gasteiger partial charge is 0.469 e. The standard InChI is InChI=1S/C20H21FN2O3/c1-3-18-23-13(2)19(26-18)20(24)22-11-10-16(17-5-4-12-25-17)14-6-8-15(21)9-7-14/h4-9,12,16H,3,10-11H2,1-2H3,(H,22,24). The van der Waals surface area contributed by atoms with E-state index in [-0.39, 0.29) is 23.4 Å². The molecule has 2 aromatic heterocycles. The molecule has 1 N–H and O–H groups in total. The van der Waals surface area contributed by atoms with E-state index in [4.69, 9.17) is 8.83 Å². The lowest BCUT2D eigenvalue weighted by Crippen LogP contribution is -2.26. The Morgan fingerprint density at radius 1 is 1.27 bits per heavy atom. The minimum atomic E-state index is -0.285. The quantitative estimate of drug-likeness (QED) is 0.688. The highest BCUT2D eigenvalue weighted by atomic mass is 19.1. The van der Waals surface area contributed by atoms with E-state index in [1.54, 1.807) is 25.3 Å². The zero-order valence-electron chi connectivity index (χ0n) is 14.8. The van der Waals surface area contributed by atoms with Crippen molar-refractivity contribution < 1.29 is 18.0 Å². The van der Waals surface area contributed by atoms with Gasteiger partial charge in [0.2, 0.25) is 5.76 Å². The summed E-state index contributed by atoms with van der Waals surface area (Å²) in [6, 6.07) is 10.0. The summed E-state index contributed by atoms with van der Waals surface area (Å²) in [4.78, 5) is 16.5. The van der Waals surface area contributed by atoms with Crippen LogP contribution in [0.3, 0.4) is 0 Å². The molecule has 0 saturated carbocycles. The van der Waals surface area contributed by atoms with E-state index in [1.165, 1.54) is 12.1 Å². The number of rotatable bonds is 7. The molecular weight excluding hydrogens is 335 g/mol. The van der Waals surface area contributed by atoms with Crippen LogP contribution in [0.1, 0.15) is 52.7 Å². The third kappa shape index (κ3) is 4.02. The second-order valence-corrected chi connectivity index (χ2v) is 6.04. The number of aromatic nitrogens is 1. The molecule has 0 saturated heterocycles. The Balaban J connectivity index is 1.67. The van der Waals surface area contributed by atoms with Crippen molar-refractivity contribution in [3.63, 3.8) is 0 Å². The fourth-order valence-electron chi connectivity index (χ4n) is 2.88. The van der Waals surface area contributed by atoms with Gasteiger partial charge in [-0.15, -0.1) is 0 Å².